The second-order valence-electron chi connectivity index (χ2n) is 5.48. The Hall–Kier alpha value is -0.120. The maximum atomic E-state index is 5.67. The molecule has 4 atom stereocenters. The molecule has 94 valence electrons. The number of ether oxygens (including phenoxy) is 1. The average molecular weight is 226 g/mol. The highest BCUT2D eigenvalue weighted by Crippen LogP contribution is 2.27. The Bertz CT molecular complexity index is 220. The number of likely N-dealkylation sites (N-methyl/N-ethyl adjacent to an activating group) is 1. The van der Waals surface area contributed by atoms with Crippen LogP contribution >= 0.6 is 0 Å². The molecule has 3 heteroatoms. The highest BCUT2D eigenvalue weighted by molar-refractivity contribution is 4.93. The molecule has 0 aromatic rings. The van der Waals surface area contributed by atoms with Crippen molar-refractivity contribution in [3.05, 3.63) is 0 Å². The Balaban J connectivity index is 1.99. The smallest absolute Gasteiger partial charge is 0.0637 e. The van der Waals surface area contributed by atoms with Gasteiger partial charge in [-0.25, -0.2) is 0 Å². The lowest BCUT2D eigenvalue weighted by molar-refractivity contribution is -0.00612. The molecule has 2 heterocycles. The molecule has 0 aromatic carbocycles. The zero-order chi connectivity index (χ0) is 11.5. The molecule has 2 aliphatic heterocycles. The molecule has 0 aromatic heterocycles. The zero-order valence-electron chi connectivity index (χ0n) is 10.9. The minimum Gasteiger partial charge on any atom is -0.380 e. The van der Waals surface area contributed by atoms with Crippen molar-refractivity contribution >= 4 is 0 Å². The van der Waals surface area contributed by atoms with Gasteiger partial charge in [-0.2, -0.15) is 0 Å². The van der Waals surface area contributed by atoms with Crippen LogP contribution in [0.2, 0.25) is 0 Å². The molecule has 0 radical (unpaired) electrons. The fourth-order valence-corrected chi connectivity index (χ4v) is 3.34. The van der Waals surface area contributed by atoms with Crippen LogP contribution in [0.15, 0.2) is 0 Å². The van der Waals surface area contributed by atoms with Gasteiger partial charge in [0.25, 0.3) is 0 Å². The van der Waals surface area contributed by atoms with Crippen molar-refractivity contribution in [2.24, 2.45) is 5.92 Å². The quantitative estimate of drug-likeness (QED) is 0.789. The second kappa shape index (κ2) is 5.48. The first kappa shape index (κ1) is 12.3. The average Bonchev–Trinajstić information content (AvgIpc) is 2.59. The van der Waals surface area contributed by atoms with Crippen molar-refractivity contribution in [2.45, 2.75) is 51.7 Å². The van der Waals surface area contributed by atoms with Gasteiger partial charge in [0, 0.05) is 31.3 Å². The number of nitrogens with zero attached hydrogens (tertiary/aromatic N) is 1. The topological polar surface area (TPSA) is 24.5 Å². The van der Waals surface area contributed by atoms with Crippen LogP contribution in [0.4, 0.5) is 0 Å². The summed E-state index contributed by atoms with van der Waals surface area (Å²) in [6.45, 7) is 11.1. The Morgan fingerprint density at radius 3 is 2.81 bits per heavy atom. The lowest BCUT2D eigenvalue weighted by Gasteiger charge is -2.40. The van der Waals surface area contributed by atoms with E-state index in [4.69, 9.17) is 4.74 Å². The fourth-order valence-electron chi connectivity index (χ4n) is 3.34. The summed E-state index contributed by atoms with van der Waals surface area (Å²) in [4.78, 5) is 2.66. The monoisotopic (exact) mass is 226 g/mol. The van der Waals surface area contributed by atoms with E-state index in [9.17, 15) is 0 Å². The standard InChI is InChI=1S/C13H26N2O/c1-4-14-12-5-6-16-9-13(12)15-8-10(2)7-11(15)3/h10-14H,4-9H2,1-3H3. The van der Waals surface area contributed by atoms with Crippen molar-refractivity contribution in [3.8, 4) is 0 Å². The Labute approximate surface area is 99.5 Å². The summed E-state index contributed by atoms with van der Waals surface area (Å²) in [7, 11) is 0. The van der Waals surface area contributed by atoms with Gasteiger partial charge < -0.3 is 10.1 Å². The molecule has 2 fully saturated rings. The van der Waals surface area contributed by atoms with Crippen LogP contribution in [0.25, 0.3) is 0 Å². The summed E-state index contributed by atoms with van der Waals surface area (Å²) >= 11 is 0. The van der Waals surface area contributed by atoms with Gasteiger partial charge in [0.2, 0.25) is 0 Å². The highest BCUT2D eigenvalue weighted by atomic mass is 16.5. The summed E-state index contributed by atoms with van der Waals surface area (Å²) < 4.78 is 5.67. The number of hydrogen-bond donors (Lipinski definition) is 1. The SMILES string of the molecule is CCNC1CCOCC1N1CC(C)CC1C. The van der Waals surface area contributed by atoms with Gasteiger partial charge >= 0.3 is 0 Å². The van der Waals surface area contributed by atoms with Crippen molar-refractivity contribution in [1.29, 1.82) is 0 Å². The number of nitrogens with one attached hydrogen (secondary N) is 1. The second-order valence-corrected chi connectivity index (χ2v) is 5.48. The van der Waals surface area contributed by atoms with Crippen molar-refractivity contribution in [3.63, 3.8) is 0 Å². The Morgan fingerprint density at radius 2 is 2.19 bits per heavy atom. The molecule has 16 heavy (non-hydrogen) atoms. The van der Waals surface area contributed by atoms with Crippen LogP contribution in [0, 0.1) is 5.92 Å². The van der Waals surface area contributed by atoms with E-state index in [0.29, 0.717) is 12.1 Å². The zero-order valence-corrected chi connectivity index (χ0v) is 10.9. The minimum atomic E-state index is 0.591. The summed E-state index contributed by atoms with van der Waals surface area (Å²) in [6, 6.07) is 1.95. The van der Waals surface area contributed by atoms with E-state index in [0.717, 1.165) is 38.1 Å². The van der Waals surface area contributed by atoms with Crippen LogP contribution in [0.3, 0.4) is 0 Å². The predicted octanol–water partition coefficient (Wildman–Crippen LogP) is 1.48. The van der Waals surface area contributed by atoms with Crippen LogP contribution in [-0.4, -0.2) is 49.3 Å². The van der Waals surface area contributed by atoms with Crippen LogP contribution in [0.5, 0.6) is 0 Å². The lowest BCUT2D eigenvalue weighted by atomic mass is 10.0. The largest absolute Gasteiger partial charge is 0.380 e. The first-order valence-corrected chi connectivity index (χ1v) is 6.79. The van der Waals surface area contributed by atoms with E-state index in [1.807, 2.05) is 0 Å². The summed E-state index contributed by atoms with van der Waals surface area (Å²) in [5.74, 6) is 0.846. The maximum absolute atomic E-state index is 5.67. The molecular weight excluding hydrogens is 200 g/mol. The van der Waals surface area contributed by atoms with Gasteiger partial charge in [0.05, 0.1) is 6.61 Å². The predicted molar refractivity (Wildman–Crippen MR) is 66.6 cm³/mol. The minimum absolute atomic E-state index is 0.591. The lowest BCUT2D eigenvalue weighted by Crippen LogP contribution is -2.56. The first-order chi connectivity index (χ1) is 7.72. The molecule has 0 amide bonds. The summed E-state index contributed by atoms with van der Waals surface area (Å²) in [5, 5.41) is 3.63. The molecule has 4 unspecified atom stereocenters. The highest BCUT2D eigenvalue weighted by Gasteiger charge is 2.37. The first-order valence-electron chi connectivity index (χ1n) is 6.79. The van der Waals surface area contributed by atoms with Crippen LogP contribution < -0.4 is 5.32 Å². The number of rotatable bonds is 3. The van der Waals surface area contributed by atoms with Crippen molar-refractivity contribution < 1.29 is 4.74 Å². The van der Waals surface area contributed by atoms with Gasteiger partial charge in [-0.3, -0.25) is 4.90 Å². The van der Waals surface area contributed by atoms with Gasteiger partial charge in [-0.1, -0.05) is 13.8 Å². The third kappa shape index (κ3) is 2.58. The van der Waals surface area contributed by atoms with E-state index >= 15 is 0 Å². The normalized spacial score (nSPS) is 41.4. The van der Waals surface area contributed by atoms with Crippen LogP contribution in [0.1, 0.15) is 33.6 Å². The van der Waals surface area contributed by atoms with Crippen molar-refractivity contribution in [2.75, 3.05) is 26.3 Å². The molecule has 0 bridgehead atoms. The molecule has 0 saturated carbocycles. The molecular formula is C13H26N2O. The molecule has 3 nitrogen and oxygen atoms in total. The van der Waals surface area contributed by atoms with Gasteiger partial charge in [0.15, 0.2) is 0 Å². The van der Waals surface area contributed by atoms with Gasteiger partial charge in [-0.05, 0) is 32.2 Å². The summed E-state index contributed by atoms with van der Waals surface area (Å²) in [5.41, 5.74) is 0. The van der Waals surface area contributed by atoms with E-state index < -0.39 is 0 Å². The molecule has 2 rings (SSSR count). The third-order valence-electron chi connectivity index (χ3n) is 4.05. The van der Waals surface area contributed by atoms with E-state index in [1.54, 1.807) is 0 Å². The van der Waals surface area contributed by atoms with Crippen molar-refractivity contribution in [1.82, 2.24) is 10.2 Å². The molecule has 2 saturated heterocycles. The van der Waals surface area contributed by atoms with E-state index in [2.05, 4.69) is 31.0 Å². The molecule has 1 N–H and O–H groups in total. The van der Waals surface area contributed by atoms with Crippen LogP contribution in [-0.2, 0) is 4.74 Å². The molecule has 0 aliphatic carbocycles. The molecule has 0 spiro atoms. The van der Waals surface area contributed by atoms with E-state index in [-0.39, 0.29) is 0 Å². The molecule has 2 aliphatic rings. The van der Waals surface area contributed by atoms with E-state index in [1.165, 1.54) is 13.0 Å². The third-order valence-corrected chi connectivity index (χ3v) is 4.05. The Kier molecular flexibility index (Phi) is 4.22. The number of hydrogen-bond acceptors (Lipinski definition) is 3. The fraction of sp³-hybridized carbons (Fsp3) is 1.00. The maximum Gasteiger partial charge on any atom is 0.0637 e. The van der Waals surface area contributed by atoms with Gasteiger partial charge in [-0.15, -0.1) is 0 Å². The summed E-state index contributed by atoms with van der Waals surface area (Å²) in [6.07, 6.45) is 2.51. The van der Waals surface area contributed by atoms with Gasteiger partial charge in [0.1, 0.15) is 0 Å². The Morgan fingerprint density at radius 1 is 1.38 bits per heavy atom. The number of likely N-dealkylation sites (tertiary alicyclic amines) is 1.